The van der Waals surface area contributed by atoms with Crippen molar-refractivity contribution in [3.63, 3.8) is 0 Å². The molecule has 6 heterocycles. The molecule has 1 unspecified atom stereocenters. The zero-order valence-corrected chi connectivity index (χ0v) is 30.7. The SMILES string of the molecule is C=CC(=O)Nc1cc(Nc2nc(-c3ccnc(N4CCc5c(sc6c5CCCC6)C4=O)c3C)cn(C)c2=O)ccc1N1CCN(C2COC2)CC1C. The van der Waals surface area contributed by atoms with Crippen LogP contribution in [0.15, 0.2) is 54.1 Å². The maximum absolute atomic E-state index is 13.9. The van der Waals surface area contributed by atoms with E-state index in [1.807, 2.05) is 31.2 Å². The zero-order valence-electron chi connectivity index (χ0n) is 29.9. The third-order valence-corrected chi connectivity index (χ3v) is 12.2. The number of nitrogens with zero attached hydrogens (tertiary/aromatic N) is 6. The highest BCUT2D eigenvalue weighted by molar-refractivity contribution is 7.14. The minimum absolute atomic E-state index is 0.0104. The number of hydrogen-bond acceptors (Lipinski definition) is 10. The average Bonchev–Trinajstić information content (AvgIpc) is 3.50. The summed E-state index contributed by atoms with van der Waals surface area (Å²) in [6.07, 6.45) is 9.98. The molecule has 0 bridgehead atoms. The first-order valence-electron chi connectivity index (χ1n) is 18.1. The molecule has 1 aliphatic carbocycles. The van der Waals surface area contributed by atoms with Gasteiger partial charge in [0.15, 0.2) is 5.82 Å². The van der Waals surface area contributed by atoms with Gasteiger partial charge in [0.05, 0.1) is 41.2 Å². The number of amides is 2. The number of anilines is 5. The molecule has 2 amide bonds. The molecule has 0 radical (unpaired) electrons. The maximum atomic E-state index is 13.9. The lowest BCUT2D eigenvalue weighted by Gasteiger charge is -2.46. The number of thiophene rings is 1. The highest BCUT2D eigenvalue weighted by atomic mass is 32.1. The van der Waals surface area contributed by atoms with Crippen LogP contribution in [-0.4, -0.2) is 82.7 Å². The lowest BCUT2D eigenvalue weighted by Crippen LogP contribution is -2.59. The summed E-state index contributed by atoms with van der Waals surface area (Å²) in [6, 6.07) is 8.26. The first-order valence-corrected chi connectivity index (χ1v) is 18.9. The van der Waals surface area contributed by atoms with Crippen LogP contribution in [0.5, 0.6) is 0 Å². The Morgan fingerprint density at radius 3 is 2.67 bits per heavy atom. The highest BCUT2D eigenvalue weighted by Crippen LogP contribution is 2.40. The second-order valence-corrected chi connectivity index (χ2v) is 15.3. The monoisotopic (exact) mass is 720 g/mol. The Bertz CT molecular complexity index is 2140. The predicted octanol–water partition coefficient (Wildman–Crippen LogP) is 5.07. The summed E-state index contributed by atoms with van der Waals surface area (Å²) in [4.78, 5) is 58.2. The summed E-state index contributed by atoms with van der Waals surface area (Å²) in [7, 11) is 1.69. The molecule has 12 nitrogen and oxygen atoms in total. The summed E-state index contributed by atoms with van der Waals surface area (Å²) < 4.78 is 6.92. The number of fused-ring (bicyclic) bond motifs is 3. The third-order valence-electron chi connectivity index (χ3n) is 10.9. The topological polar surface area (TPSA) is 125 Å². The van der Waals surface area contributed by atoms with E-state index >= 15 is 0 Å². The van der Waals surface area contributed by atoms with E-state index in [2.05, 4.69) is 38.9 Å². The van der Waals surface area contributed by atoms with Crippen molar-refractivity contribution in [1.29, 1.82) is 0 Å². The number of carbonyl (C=O) groups is 2. The molecule has 2 N–H and O–H groups in total. The van der Waals surface area contributed by atoms with Gasteiger partial charge in [-0.15, -0.1) is 11.3 Å². The third kappa shape index (κ3) is 6.20. The van der Waals surface area contributed by atoms with Crippen LogP contribution in [0.2, 0.25) is 0 Å². The van der Waals surface area contributed by atoms with Crippen molar-refractivity contribution >= 4 is 51.8 Å². The van der Waals surface area contributed by atoms with Crippen LogP contribution < -0.4 is 26.0 Å². The minimum atomic E-state index is -0.321. The number of piperazine rings is 1. The lowest BCUT2D eigenvalue weighted by atomic mass is 9.92. The van der Waals surface area contributed by atoms with Gasteiger partial charge in [-0.25, -0.2) is 9.97 Å². The standard InChI is InChI=1S/C39H44N8O4S/c1-5-34(48)42-30-18-25(10-11-32(30)46-17-16-45(19-23(46)2)26-21-51-22-26)41-36-39(50)44(4)20-31(43-36)27-12-14-40-37(24(27)3)47-15-13-29-28-8-6-7-9-33(28)52-35(29)38(47)49/h5,10-12,14,18,20,23,26H,1,6-9,13,15-17,19,21-22H2,2-4H3,(H,41,43)(H,42,48). The van der Waals surface area contributed by atoms with E-state index in [-0.39, 0.29) is 29.2 Å². The Balaban J connectivity index is 1.07. The highest BCUT2D eigenvalue weighted by Gasteiger charge is 2.35. The summed E-state index contributed by atoms with van der Waals surface area (Å²) >= 11 is 1.66. The van der Waals surface area contributed by atoms with Crippen molar-refractivity contribution < 1.29 is 14.3 Å². The van der Waals surface area contributed by atoms with E-state index < -0.39 is 0 Å². The second-order valence-electron chi connectivity index (χ2n) is 14.2. The average molecular weight is 721 g/mol. The van der Waals surface area contributed by atoms with Gasteiger partial charge in [-0.1, -0.05) is 6.58 Å². The van der Waals surface area contributed by atoms with Gasteiger partial charge in [0.2, 0.25) is 5.91 Å². The fourth-order valence-corrected chi connectivity index (χ4v) is 9.39. The number of nitrogens with one attached hydrogen (secondary N) is 2. The number of aromatic nitrogens is 3. The molecule has 2 fully saturated rings. The number of hydrogen-bond donors (Lipinski definition) is 2. The molecule has 3 aliphatic heterocycles. The minimum Gasteiger partial charge on any atom is -0.378 e. The quantitative estimate of drug-likeness (QED) is 0.240. The van der Waals surface area contributed by atoms with Crippen molar-refractivity contribution in [3.05, 3.63) is 86.1 Å². The van der Waals surface area contributed by atoms with Crippen molar-refractivity contribution in [2.24, 2.45) is 7.05 Å². The normalized spacial score (nSPS) is 19.1. The maximum Gasteiger partial charge on any atom is 0.293 e. The molecule has 0 spiro atoms. The summed E-state index contributed by atoms with van der Waals surface area (Å²) in [5, 5.41) is 6.21. The molecule has 1 aromatic carbocycles. The Hall–Kier alpha value is -4.85. The Morgan fingerprint density at radius 2 is 1.90 bits per heavy atom. The summed E-state index contributed by atoms with van der Waals surface area (Å²) in [5.74, 6) is 0.438. The fraction of sp³-hybridized carbons (Fsp3) is 0.410. The molecule has 4 aliphatic rings. The van der Waals surface area contributed by atoms with Crippen LogP contribution in [0.1, 0.15) is 51.0 Å². The van der Waals surface area contributed by atoms with Gasteiger partial charge in [-0.2, -0.15) is 0 Å². The van der Waals surface area contributed by atoms with Crippen LogP contribution in [-0.2, 0) is 35.8 Å². The Morgan fingerprint density at radius 1 is 1.08 bits per heavy atom. The lowest BCUT2D eigenvalue weighted by molar-refractivity contribution is -0.111. The van der Waals surface area contributed by atoms with Crippen LogP contribution >= 0.6 is 11.3 Å². The Kier molecular flexibility index (Phi) is 9.18. The first-order chi connectivity index (χ1) is 25.2. The first kappa shape index (κ1) is 34.2. The second kappa shape index (κ2) is 13.9. The van der Waals surface area contributed by atoms with Gasteiger partial charge in [0, 0.05) is 73.4 Å². The van der Waals surface area contributed by atoms with E-state index in [9.17, 15) is 14.4 Å². The zero-order chi connectivity index (χ0) is 36.1. The van der Waals surface area contributed by atoms with Gasteiger partial charge >= 0.3 is 0 Å². The molecule has 4 aromatic rings. The molecule has 270 valence electrons. The van der Waals surface area contributed by atoms with E-state index in [1.54, 1.807) is 35.7 Å². The Labute approximate surface area is 307 Å². The largest absolute Gasteiger partial charge is 0.378 e. The molecule has 0 saturated carbocycles. The molecule has 2 saturated heterocycles. The van der Waals surface area contributed by atoms with Gasteiger partial charge < -0.3 is 24.8 Å². The number of pyridine rings is 1. The van der Waals surface area contributed by atoms with Crippen molar-refractivity contribution in [2.75, 3.05) is 59.8 Å². The van der Waals surface area contributed by atoms with Gasteiger partial charge in [-0.05, 0) is 87.4 Å². The van der Waals surface area contributed by atoms with Crippen molar-refractivity contribution in [1.82, 2.24) is 19.4 Å². The van der Waals surface area contributed by atoms with E-state index in [0.29, 0.717) is 35.5 Å². The van der Waals surface area contributed by atoms with Gasteiger partial charge in [0.25, 0.3) is 11.5 Å². The summed E-state index contributed by atoms with van der Waals surface area (Å²) in [5.41, 5.74) is 6.62. The van der Waals surface area contributed by atoms with Crippen LogP contribution in [0.3, 0.4) is 0 Å². The van der Waals surface area contributed by atoms with Crippen molar-refractivity contribution in [3.8, 4) is 11.3 Å². The molecular weight excluding hydrogens is 677 g/mol. The fourth-order valence-electron chi connectivity index (χ4n) is 8.00. The number of rotatable bonds is 8. The van der Waals surface area contributed by atoms with Crippen LogP contribution in [0, 0.1) is 6.92 Å². The smallest absolute Gasteiger partial charge is 0.293 e. The van der Waals surface area contributed by atoms with Crippen LogP contribution in [0.25, 0.3) is 11.3 Å². The molecule has 1 atom stereocenters. The summed E-state index contributed by atoms with van der Waals surface area (Å²) in [6.45, 7) is 12.5. The molecule has 52 heavy (non-hydrogen) atoms. The molecule has 8 rings (SSSR count). The number of benzene rings is 1. The van der Waals surface area contributed by atoms with Crippen LogP contribution in [0.4, 0.5) is 28.7 Å². The van der Waals surface area contributed by atoms with Crippen molar-refractivity contribution in [2.45, 2.75) is 58.0 Å². The van der Waals surface area contributed by atoms with E-state index in [4.69, 9.17) is 9.72 Å². The van der Waals surface area contributed by atoms with Gasteiger partial charge in [0.1, 0.15) is 5.82 Å². The number of carbonyl (C=O) groups excluding carboxylic acids is 2. The molecular formula is C39H44N8O4S. The predicted molar refractivity (Wildman–Crippen MR) is 205 cm³/mol. The molecule has 13 heteroatoms. The van der Waals surface area contributed by atoms with E-state index in [1.165, 1.54) is 39.5 Å². The van der Waals surface area contributed by atoms with E-state index in [0.717, 1.165) is 73.8 Å². The molecule has 3 aromatic heterocycles. The number of ether oxygens (including phenoxy) is 1. The van der Waals surface area contributed by atoms with Gasteiger partial charge in [-0.3, -0.25) is 24.2 Å². The number of aryl methyl sites for hydroxylation is 2.